The Morgan fingerprint density at radius 2 is 1.48 bits per heavy atom. The normalized spacial score (nSPS) is 11.0. The second-order valence-corrected chi connectivity index (χ2v) is 5.14. The highest BCUT2D eigenvalue weighted by atomic mass is 16.1. The lowest BCUT2D eigenvalue weighted by Gasteiger charge is -2.09. The first-order chi connectivity index (χ1) is 10.4. The van der Waals surface area contributed by atoms with Gasteiger partial charge < -0.3 is 4.98 Å². The Bertz CT molecular complexity index is 966. The van der Waals surface area contributed by atoms with E-state index in [0.717, 1.165) is 17.5 Å². The average molecular weight is 271 g/mol. The van der Waals surface area contributed by atoms with Crippen molar-refractivity contribution in [2.24, 2.45) is 0 Å². The van der Waals surface area contributed by atoms with Gasteiger partial charge in [-0.25, -0.2) is 0 Å². The SMILES string of the molecule is O=Cc1ccc(-c2cc3ccccc3c3ccccc23)[nH]1. The summed E-state index contributed by atoms with van der Waals surface area (Å²) in [6, 6.07) is 22.7. The third kappa shape index (κ3) is 1.84. The number of benzene rings is 3. The second kappa shape index (κ2) is 4.60. The van der Waals surface area contributed by atoms with Crippen molar-refractivity contribution < 1.29 is 4.79 Å². The van der Waals surface area contributed by atoms with Crippen LogP contribution >= 0.6 is 0 Å². The third-order valence-electron chi connectivity index (χ3n) is 3.89. The van der Waals surface area contributed by atoms with Gasteiger partial charge in [-0.15, -0.1) is 0 Å². The fraction of sp³-hybridized carbons (Fsp3) is 0. The van der Waals surface area contributed by atoms with E-state index >= 15 is 0 Å². The number of carbonyl (C=O) groups excluding carboxylic acids is 1. The van der Waals surface area contributed by atoms with Crippen LogP contribution in [0.15, 0.2) is 66.7 Å². The lowest BCUT2D eigenvalue weighted by atomic mass is 9.96. The van der Waals surface area contributed by atoms with Gasteiger partial charge in [0.25, 0.3) is 0 Å². The van der Waals surface area contributed by atoms with Gasteiger partial charge >= 0.3 is 0 Å². The first-order valence-corrected chi connectivity index (χ1v) is 6.92. The Labute approximate surface area is 122 Å². The van der Waals surface area contributed by atoms with Gasteiger partial charge in [0.15, 0.2) is 6.29 Å². The molecule has 0 aliphatic carbocycles. The Hall–Kier alpha value is -2.87. The van der Waals surface area contributed by atoms with Crippen LogP contribution < -0.4 is 0 Å². The van der Waals surface area contributed by atoms with E-state index in [0.29, 0.717) is 5.69 Å². The molecular weight excluding hydrogens is 258 g/mol. The smallest absolute Gasteiger partial charge is 0.166 e. The maximum Gasteiger partial charge on any atom is 0.166 e. The van der Waals surface area contributed by atoms with Crippen molar-refractivity contribution in [3.8, 4) is 11.3 Å². The van der Waals surface area contributed by atoms with Crippen molar-refractivity contribution in [1.82, 2.24) is 4.98 Å². The summed E-state index contributed by atoms with van der Waals surface area (Å²) < 4.78 is 0. The maximum absolute atomic E-state index is 10.9. The zero-order valence-electron chi connectivity index (χ0n) is 11.3. The van der Waals surface area contributed by atoms with Gasteiger partial charge in [-0.05, 0) is 39.7 Å². The van der Waals surface area contributed by atoms with Crippen LogP contribution in [0.25, 0.3) is 32.8 Å². The molecule has 4 rings (SSSR count). The quantitative estimate of drug-likeness (QED) is 0.412. The Morgan fingerprint density at radius 1 is 0.762 bits per heavy atom. The van der Waals surface area contributed by atoms with Crippen molar-refractivity contribution in [3.05, 3.63) is 72.4 Å². The highest BCUT2D eigenvalue weighted by Gasteiger charge is 2.09. The van der Waals surface area contributed by atoms with E-state index in [4.69, 9.17) is 0 Å². The number of aromatic amines is 1. The van der Waals surface area contributed by atoms with Crippen LogP contribution in [-0.4, -0.2) is 11.3 Å². The van der Waals surface area contributed by atoms with Gasteiger partial charge in [0, 0.05) is 11.3 Å². The van der Waals surface area contributed by atoms with Gasteiger partial charge in [-0.3, -0.25) is 4.79 Å². The van der Waals surface area contributed by atoms with Crippen molar-refractivity contribution in [3.63, 3.8) is 0 Å². The fourth-order valence-electron chi connectivity index (χ4n) is 2.91. The molecule has 0 saturated carbocycles. The molecule has 0 bridgehead atoms. The molecule has 0 fully saturated rings. The number of hydrogen-bond acceptors (Lipinski definition) is 1. The predicted octanol–water partition coefficient (Wildman–Crippen LogP) is 4.80. The zero-order chi connectivity index (χ0) is 14.2. The number of rotatable bonds is 2. The molecule has 2 heteroatoms. The summed E-state index contributed by atoms with van der Waals surface area (Å²) in [7, 11) is 0. The molecule has 1 heterocycles. The molecule has 0 radical (unpaired) electrons. The molecule has 0 aliphatic heterocycles. The summed E-state index contributed by atoms with van der Waals surface area (Å²) in [5, 5.41) is 4.87. The molecule has 0 saturated heterocycles. The molecule has 1 aromatic heterocycles. The van der Waals surface area contributed by atoms with Crippen molar-refractivity contribution >= 4 is 27.8 Å². The minimum Gasteiger partial charge on any atom is -0.352 e. The molecule has 1 N–H and O–H groups in total. The molecule has 0 spiro atoms. The molecule has 21 heavy (non-hydrogen) atoms. The van der Waals surface area contributed by atoms with Crippen molar-refractivity contribution in [1.29, 1.82) is 0 Å². The molecule has 4 aromatic rings. The lowest BCUT2D eigenvalue weighted by Crippen LogP contribution is -1.85. The van der Waals surface area contributed by atoms with Crippen LogP contribution in [0.3, 0.4) is 0 Å². The number of hydrogen-bond donors (Lipinski definition) is 1. The standard InChI is InChI=1S/C19H13NO/c21-12-14-9-10-19(20-14)18-11-13-5-1-2-6-15(13)16-7-3-4-8-17(16)18/h1-12,20H. The van der Waals surface area contributed by atoms with Crippen LogP contribution in [0.2, 0.25) is 0 Å². The van der Waals surface area contributed by atoms with E-state index in [-0.39, 0.29) is 0 Å². The monoisotopic (exact) mass is 271 g/mol. The number of nitrogens with one attached hydrogen (secondary N) is 1. The summed E-state index contributed by atoms with van der Waals surface area (Å²) in [5.41, 5.74) is 2.69. The van der Waals surface area contributed by atoms with Gasteiger partial charge in [0.1, 0.15) is 0 Å². The van der Waals surface area contributed by atoms with Crippen LogP contribution in [0.4, 0.5) is 0 Å². The predicted molar refractivity (Wildman–Crippen MR) is 86.6 cm³/mol. The van der Waals surface area contributed by atoms with Gasteiger partial charge in [0.05, 0.1) is 5.69 Å². The number of fused-ring (bicyclic) bond motifs is 3. The summed E-state index contributed by atoms with van der Waals surface area (Å²) in [6.07, 6.45) is 0.840. The van der Waals surface area contributed by atoms with Crippen molar-refractivity contribution in [2.75, 3.05) is 0 Å². The largest absolute Gasteiger partial charge is 0.352 e. The fourth-order valence-corrected chi connectivity index (χ4v) is 2.91. The average Bonchev–Trinajstić information content (AvgIpc) is 3.03. The molecule has 2 nitrogen and oxygen atoms in total. The Kier molecular flexibility index (Phi) is 2.61. The Balaban J connectivity index is 2.13. The van der Waals surface area contributed by atoms with E-state index in [1.54, 1.807) is 0 Å². The number of aldehydes is 1. The topological polar surface area (TPSA) is 32.9 Å². The highest BCUT2D eigenvalue weighted by Crippen LogP contribution is 2.34. The summed E-state index contributed by atoms with van der Waals surface area (Å²) >= 11 is 0. The molecular formula is C19H13NO. The minimum absolute atomic E-state index is 0.599. The van der Waals surface area contributed by atoms with E-state index in [9.17, 15) is 4.79 Å². The van der Waals surface area contributed by atoms with Crippen molar-refractivity contribution in [2.45, 2.75) is 0 Å². The van der Waals surface area contributed by atoms with E-state index in [1.165, 1.54) is 21.5 Å². The molecule has 3 aromatic carbocycles. The highest BCUT2D eigenvalue weighted by molar-refractivity contribution is 6.13. The minimum atomic E-state index is 0.599. The van der Waals surface area contributed by atoms with Crippen LogP contribution in [-0.2, 0) is 0 Å². The van der Waals surface area contributed by atoms with Gasteiger partial charge in [-0.1, -0.05) is 48.5 Å². The van der Waals surface area contributed by atoms with E-state index in [2.05, 4.69) is 47.4 Å². The molecule has 100 valence electrons. The molecule has 0 unspecified atom stereocenters. The molecule has 0 atom stereocenters. The second-order valence-electron chi connectivity index (χ2n) is 5.14. The Morgan fingerprint density at radius 3 is 2.24 bits per heavy atom. The summed E-state index contributed by atoms with van der Waals surface area (Å²) in [6.45, 7) is 0. The zero-order valence-corrected chi connectivity index (χ0v) is 11.3. The third-order valence-corrected chi connectivity index (χ3v) is 3.89. The number of aromatic nitrogens is 1. The van der Waals surface area contributed by atoms with Gasteiger partial charge in [0.2, 0.25) is 0 Å². The number of H-pyrrole nitrogens is 1. The molecule has 0 amide bonds. The van der Waals surface area contributed by atoms with Crippen LogP contribution in [0.5, 0.6) is 0 Å². The maximum atomic E-state index is 10.9. The van der Waals surface area contributed by atoms with Crippen LogP contribution in [0.1, 0.15) is 10.5 Å². The van der Waals surface area contributed by atoms with Crippen LogP contribution in [0, 0.1) is 0 Å². The molecule has 0 aliphatic rings. The first-order valence-electron chi connectivity index (χ1n) is 6.92. The van der Waals surface area contributed by atoms with Gasteiger partial charge in [-0.2, -0.15) is 0 Å². The first kappa shape index (κ1) is 11.9. The summed E-state index contributed by atoms with van der Waals surface area (Å²) in [5.74, 6) is 0. The number of carbonyl (C=O) groups is 1. The lowest BCUT2D eigenvalue weighted by molar-refractivity contribution is 0.111. The van der Waals surface area contributed by atoms with E-state index < -0.39 is 0 Å². The summed E-state index contributed by atoms with van der Waals surface area (Å²) in [4.78, 5) is 14.1. The van der Waals surface area contributed by atoms with E-state index in [1.807, 2.05) is 24.3 Å².